The Hall–Kier alpha value is -2.40. The minimum absolute atomic E-state index is 0.686. The van der Waals surface area contributed by atoms with Gasteiger partial charge in [-0.1, -0.05) is 18.2 Å². The highest BCUT2D eigenvalue weighted by atomic mass is 16.3. The van der Waals surface area contributed by atoms with E-state index >= 15 is 0 Å². The van der Waals surface area contributed by atoms with Crippen LogP contribution in [0.4, 0.5) is 5.82 Å². The molecule has 0 aliphatic heterocycles. The predicted molar refractivity (Wildman–Crippen MR) is 81.8 cm³/mol. The zero-order valence-corrected chi connectivity index (χ0v) is 11.8. The molecule has 5 heteroatoms. The van der Waals surface area contributed by atoms with Gasteiger partial charge in [0.15, 0.2) is 5.82 Å². The molecule has 1 aliphatic carbocycles. The van der Waals surface area contributed by atoms with Crippen molar-refractivity contribution in [2.45, 2.75) is 26.2 Å². The highest BCUT2D eigenvalue weighted by Crippen LogP contribution is 2.35. The number of nitrogens with one attached hydrogen (secondary N) is 1. The Bertz CT molecular complexity index is 838. The van der Waals surface area contributed by atoms with E-state index in [1.165, 1.54) is 0 Å². The molecule has 4 rings (SSSR count). The normalized spacial score (nSPS) is 13.6. The van der Waals surface area contributed by atoms with E-state index < -0.39 is 0 Å². The van der Waals surface area contributed by atoms with E-state index in [1.54, 1.807) is 0 Å². The Morgan fingerprint density at radius 1 is 1.19 bits per heavy atom. The van der Waals surface area contributed by atoms with Crippen LogP contribution in [0.2, 0.25) is 0 Å². The molecule has 0 fully saturated rings. The monoisotopic (exact) mass is 280 g/mol. The summed E-state index contributed by atoms with van der Waals surface area (Å²) in [4.78, 5) is 9.36. The molecule has 0 saturated carbocycles. The van der Waals surface area contributed by atoms with Crippen molar-refractivity contribution in [3.8, 4) is 11.4 Å². The van der Waals surface area contributed by atoms with Crippen molar-refractivity contribution in [1.82, 2.24) is 9.97 Å². The van der Waals surface area contributed by atoms with Crippen molar-refractivity contribution >= 4 is 16.8 Å². The lowest BCUT2D eigenvalue weighted by Crippen LogP contribution is -2.12. The van der Waals surface area contributed by atoms with Gasteiger partial charge in [0.25, 0.3) is 0 Å². The molecule has 2 aromatic heterocycles. The summed E-state index contributed by atoms with van der Waals surface area (Å²) in [6, 6.07) is 7.95. The third kappa shape index (κ3) is 1.81. The summed E-state index contributed by atoms with van der Waals surface area (Å²) in [6.07, 6.45) is 3.07. The first-order valence-corrected chi connectivity index (χ1v) is 7.13. The van der Waals surface area contributed by atoms with Gasteiger partial charge in [-0.15, -0.1) is 0 Å². The maximum Gasteiger partial charge on any atom is 0.166 e. The minimum Gasteiger partial charge on any atom is -0.461 e. The molecule has 3 N–H and O–H groups in total. The number of rotatable bonds is 2. The molecule has 0 radical (unpaired) electrons. The van der Waals surface area contributed by atoms with Crippen LogP contribution in [0.1, 0.15) is 23.4 Å². The first kappa shape index (κ1) is 12.3. The van der Waals surface area contributed by atoms with Crippen LogP contribution in [-0.4, -0.2) is 9.97 Å². The summed E-state index contributed by atoms with van der Waals surface area (Å²) < 4.78 is 5.81. The van der Waals surface area contributed by atoms with Crippen LogP contribution in [0.3, 0.4) is 0 Å². The standard InChI is InChI=1S/C16H16N4O/c1-9-14(11-5-2-3-8-13(11)21-9)16-18-12-7-4-6-10(12)15(19-16)20-17/h2-3,5,8H,4,6-7,17H2,1H3,(H,18,19,20). The van der Waals surface area contributed by atoms with Gasteiger partial charge in [-0.2, -0.15) is 0 Å². The van der Waals surface area contributed by atoms with Gasteiger partial charge in [0.2, 0.25) is 0 Å². The second-order valence-electron chi connectivity index (χ2n) is 5.35. The minimum atomic E-state index is 0.686. The predicted octanol–water partition coefficient (Wildman–Crippen LogP) is 2.97. The molecule has 106 valence electrons. The van der Waals surface area contributed by atoms with Crippen LogP contribution in [-0.2, 0) is 12.8 Å². The van der Waals surface area contributed by atoms with Gasteiger partial charge in [-0.3, -0.25) is 0 Å². The summed E-state index contributed by atoms with van der Waals surface area (Å²) in [5, 5.41) is 1.04. The topological polar surface area (TPSA) is 77.0 Å². The number of aryl methyl sites for hydroxylation is 2. The van der Waals surface area contributed by atoms with E-state index in [1.807, 2.05) is 31.2 Å². The maximum atomic E-state index is 5.81. The van der Waals surface area contributed by atoms with E-state index in [0.29, 0.717) is 5.82 Å². The molecular weight excluding hydrogens is 264 g/mol. The number of hydrogen-bond donors (Lipinski definition) is 2. The van der Waals surface area contributed by atoms with Gasteiger partial charge in [0.1, 0.15) is 17.2 Å². The number of anilines is 1. The zero-order valence-electron chi connectivity index (χ0n) is 11.8. The molecule has 0 spiro atoms. The van der Waals surface area contributed by atoms with Crippen LogP contribution in [0.25, 0.3) is 22.4 Å². The smallest absolute Gasteiger partial charge is 0.166 e. The number of aromatic nitrogens is 2. The van der Waals surface area contributed by atoms with Crippen molar-refractivity contribution in [2.75, 3.05) is 5.43 Å². The summed E-state index contributed by atoms with van der Waals surface area (Å²) in [6.45, 7) is 1.95. The first-order chi connectivity index (χ1) is 10.3. The molecule has 2 heterocycles. The summed E-state index contributed by atoms with van der Waals surface area (Å²) >= 11 is 0. The maximum absolute atomic E-state index is 5.81. The average molecular weight is 280 g/mol. The number of furan rings is 1. The molecule has 1 aliphatic rings. The third-order valence-corrected chi connectivity index (χ3v) is 4.06. The Labute approximate surface area is 122 Å². The first-order valence-electron chi connectivity index (χ1n) is 7.13. The van der Waals surface area contributed by atoms with E-state index in [2.05, 4.69) is 10.4 Å². The average Bonchev–Trinajstić information content (AvgIpc) is 3.08. The Morgan fingerprint density at radius 3 is 2.90 bits per heavy atom. The molecule has 0 saturated heterocycles. The lowest BCUT2D eigenvalue weighted by atomic mass is 10.1. The van der Waals surface area contributed by atoms with Crippen LogP contribution in [0, 0.1) is 6.92 Å². The molecule has 1 aromatic carbocycles. The number of nitrogen functional groups attached to an aromatic ring is 1. The SMILES string of the molecule is Cc1oc2ccccc2c1-c1nc2c(c(NN)n1)CCC2. The zero-order chi connectivity index (χ0) is 14.4. The number of hydrazine groups is 1. The fraction of sp³-hybridized carbons (Fsp3) is 0.250. The number of hydrogen-bond acceptors (Lipinski definition) is 5. The lowest BCUT2D eigenvalue weighted by Gasteiger charge is -2.09. The third-order valence-electron chi connectivity index (χ3n) is 4.06. The number of nitrogens with zero attached hydrogens (tertiary/aromatic N) is 2. The van der Waals surface area contributed by atoms with Crippen LogP contribution >= 0.6 is 0 Å². The van der Waals surface area contributed by atoms with Crippen molar-refractivity contribution in [2.24, 2.45) is 5.84 Å². The Kier molecular flexibility index (Phi) is 2.68. The van der Waals surface area contributed by atoms with E-state index in [4.69, 9.17) is 15.2 Å². The molecule has 0 unspecified atom stereocenters. The van der Waals surface area contributed by atoms with Gasteiger partial charge in [-0.05, 0) is 32.3 Å². The second kappa shape index (κ2) is 4.56. The van der Waals surface area contributed by atoms with E-state index in [-0.39, 0.29) is 0 Å². The Morgan fingerprint density at radius 2 is 2.05 bits per heavy atom. The lowest BCUT2D eigenvalue weighted by molar-refractivity contribution is 0.579. The Balaban J connectivity index is 1.99. The molecule has 0 amide bonds. The van der Waals surface area contributed by atoms with Gasteiger partial charge in [-0.25, -0.2) is 15.8 Å². The van der Waals surface area contributed by atoms with Crippen molar-refractivity contribution in [1.29, 1.82) is 0 Å². The van der Waals surface area contributed by atoms with E-state index in [0.717, 1.165) is 58.6 Å². The highest BCUT2D eigenvalue weighted by molar-refractivity contribution is 5.94. The van der Waals surface area contributed by atoms with Crippen molar-refractivity contribution in [3.05, 3.63) is 41.3 Å². The quantitative estimate of drug-likeness (QED) is 0.557. The fourth-order valence-electron chi connectivity index (χ4n) is 3.11. The molecule has 3 aromatic rings. The number of para-hydroxylation sites is 1. The number of nitrogens with two attached hydrogens (primary N) is 1. The van der Waals surface area contributed by atoms with Gasteiger partial charge in [0, 0.05) is 16.6 Å². The van der Waals surface area contributed by atoms with Crippen molar-refractivity contribution in [3.63, 3.8) is 0 Å². The van der Waals surface area contributed by atoms with Crippen LogP contribution in [0.15, 0.2) is 28.7 Å². The van der Waals surface area contributed by atoms with Crippen LogP contribution < -0.4 is 11.3 Å². The molecular formula is C16H16N4O. The molecule has 21 heavy (non-hydrogen) atoms. The van der Waals surface area contributed by atoms with E-state index in [9.17, 15) is 0 Å². The molecule has 5 nitrogen and oxygen atoms in total. The van der Waals surface area contributed by atoms with Gasteiger partial charge < -0.3 is 9.84 Å². The van der Waals surface area contributed by atoms with Gasteiger partial charge >= 0.3 is 0 Å². The number of benzene rings is 1. The molecule has 0 bridgehead atoms. The van der Waals surface area contributed by atoms with Crippen LogP contribution in [0.5, 0.6) is 0 Å². The van der Waals surface area contributed by atoms with Crippen molar-refractivity contribution < 1.29 is 4.42 Å². The van der Waals surface area contributed by atoms with Gasteiger partial charge in [0.05, 0.1) is 5.56 Å². The molecule has 0 atom stereocenters. The highest BCUT2D eigenvalue weighted by Gasteiger charge is 2.22. The number of fused-ring (bicyclic) bond motifs is 2. The summed E-state index contributed by atoms with van der Waals surface area (Å²) in [5.41, 5.74) is 6.77. The summed E-state index contributed by atoms with van der Waals surface area (Å²) in [5.74, 6) is 7.88. The summed E-state index contributed by atoms with van der Waals surface area (Å²) in [7, 11) is 0. The largest absolute Gasteiger partial charge is 0.461 e. The fourth-order valence-corrected chi connectivity index (χ4v) is 3.11. The second-order valence-corrected chi connectivity index (χ2v) is 5.35.